The van der Waals surface area contributed by atoms with Crippen LogP contribution in [0.15, 0.2) is 18.2 Å². The maximum Gasteiger partial charge on any atom is 0.317 e. The molecule has 1 aromatic carbocycles. The van der Waals surface area contributed by atoms with Crippen molar-refractivity contribution >= 4 is 35.2 Å². The van der Waals surface area contributed by atoms with Crippen molar-refractivity contribution in [3.63, 3.8) is 0 Å². The Balaban J connectivity index is 2.04. The minimum Gasteiger partial charge on any atom is -0.480 e. The van der Waals surface area contributed by atoms with E-state index < -0.39 is 5.97 Å². The van der Waals surface area contributed by atoms with Crippen LogP contribution in [0.3, 0.4) is 0 Å². The largest absolute Gasteiger partial charge is 0.480 e. The number of amides is 2. The van der Waals surface area contributed by atoms with E-state index in [9.17, 15) is 14.7 Å². The molecule has 1 fully saturated rings. The predicted octanol–water partition coefficient (Wildman–Crippen LogP) is 3.07. The Hall–Kier alpha value is -1.50. The van der Waals surface area contributed by atoms with Crippen LogP contribution >= 0.6 is 23.2 Å². The third-order valence-corrected chi connectivity index (χ3v) is 4.92. The summed E-state index contributed by atoms with van der Waals surface area (Å²) in [6.07, 6.45) is 1.45. The second-order valence-electron chi connectivity index (χ2n) is 6.09. The lowest BCUT2D eigenvalue weighted by Gasteiger charge is -2.38. The molecular weight excluding hydrogens is 365 g/mol. The van der Waals surface area contributed by atoms with Gasteiger partial charge in [-0.25, -0.2) is 4.79 Å². The lowest BCUT2D eigenvalue weighted by atomic mass is 10.0. The van der Waals surface area contributed by atoms with Gasteiger partial charge in [-0.15, -0.1) is 0 Å². The van der Waals surface area contributed by atoms with Crippen LogP contribution < -0.4 is 5.32 Å². The number of aliphatic carboxylic acids is 1. The van der Waals surface area contributed by atoms with Gasteiger partial charge in [-0.2, -0.15) is 0 Å². The zero-order valence-electron chi connectivity index (χ0n) is 14.2. The van der Waals surface area contributed by atoms with Gasteiger partial charge in [0.1, 0.15) is 0 Å². The van der Waals surface area contributed by atoms with Crippen molar-refractivity contribution in [2.75, 3.05) is 26.2 Å². The molecule has 1 aliphatic rings. The van der Waals surface area contributed by atoms with Gasteiger partial charge in [-0.05, 0) is 43.5 Å². The van der Waals surface area contributed by atoms with Crippen molar-refractivity contribution in [3.05, 3.63) is 33.8 Å². The molecule has 0 saturated carbocycles. The summed E-state index contributed by atoms with van der Waals surface area (Å²) >= 11 is 12.3. The van der Waals surface area contributed by atoms with Gasteiger partial charge in [0, 0.05) is 42.3 Å². The number of nitrogens with one attached hydrogen (secondary N) is 1. The van der Waals surface area contributed by atoms with E-state index in [1.54, 1.807) is 23.1 Å². The SMILES string of the molecule is CCNC(=O)N1CCC(N(CC(=O)O)Cc2cc(Cl)ccc2Cl)CC1. The number of nitrogens with zero attached hydrogens (tertiary/aromatic N) is 2. The van der Waals surface area contributed by atoms with Crippen molar-refractivity contribution in [2.24, 2.45) is 0 Å². The predicted molar refractivity (Wildman–Crippen MR) is 98.2 cm³/mol. The molecule has 0 spiro atoms. The summed E-state index contributed by atoms with van der Waals surface area (Å²) < 4.78 is 0. The molecule has 25 heavy (non-hydrogen) atoms. The number of carboxylic acid groups (broad SMARTS) is 1. The monoisotopic (exact) mass is 387 g/mol. The summed E-state index contributed by atoms with van der Waals surface area (Å²) in [6.45, 7) is 4.03. The minimum absolute atomic E-state index is 0.0661. The smallest absolute Gasteiger partial charge is 0.317 e. The maximum absolute atomic E-state index is 11.9. The van der Waals surface area contributed by atoms with Crippen LogP contribution in [0.5, 0.6) is 0 Å². The number of likely N-dealkylation sites (tertiary alicyclic amines) is 1. The van der Waals surface area contributed by atoms with Crippen molar-refractivity contribution in [1.82, 2.24) is 15.1 Å². The van der Waals surface area contributed by atoms with Gasteiger partial charge < -0.3 is 15.3 Å². The first-order valence-corrected chi connectivity index (χ1v) is 9.08. The molecule has 6 nitrogen and oxygen atoms in total. The average Bonchev–Trinajstić information content (AvgIpc) is 2.57. The Morgan fingerprint density at radius 3 is 2.60 bits per heavy atom. The van der Waals surface area contributed by atoms with Gasteiger partial charge in [0.15, 0.2) is 0 Å². The molecule has 0 bridgehead atoms. The highest BCUT2D eigenvalue weighted by atomic mass is 35.5. The first-order chi connectivity index (χ1) is 11.9. The fourth-order valence-corrected chi connectivity index (χ4v) is 3.44. The molecule has 0 radical (unpaired) electrons. The van der Waals surface area contributed by atoms with Gasteiger partial charge in [0.05, 0.1) is 6.54 Å². The summed E-state index contributed by atoms with van der Waals surface area (Å²) in [5.74, 6) is -0.885. The summed E-state index contributed by atoms with van der Waals surface area (Å²) in [7, 11) is 0. The normalized spacial score (nSPS) is 15.4. The number of rotatable bonds is 6. The highest BCUT2D eigenvalue weighted by Crippen LogP contribution is 2.25. The summed E-state index contributed by atoms with van der Waals surface area (Å²) in [6, 6.07) is 5.21. The summed E-state index contributed by atoms with van der Waals surface area (Å²) in [5, 5.41) is 13.2. The maximum atomic E-state index is 11.9. The number of carbonyl (C=O) groups excluding carboxylic acids is 1. The Labute approximate surface area is 157 Å². The first kappa shape index (κ1) is 19.8. The van der Waals surface area contributed by atoms with Crippen LogP contribution in [0.2, 0.25) is 10.0 Å². The van der Waals surface area contributed by atoms with E-state index in [1.807, 2.05) is 11.8 Å². The highest BCUT2D eigenvalue weighted by Gasteiger charge is 2.28. The summed E-state index contributed by atoms with van der Waals surface area (Å²) in [4.78, 5) is 26.8. The van der Waals surface area contributed by atoms with E-state index in [0.717, 1.165) is 18.4 Å². The molecule has 1 aliphatic heterocycles. The Morgan fingerprint density at radius 2 is 2.00 bits per heavy atom. The van der Waals surface area contributed by atoms with Crippen LogP contribution in [0.1, 0.15) is 25.3 Å². The van der Waals surface area contributed by atoms with Crippen LogP contribution in [0, 0.1) is 0 Å². The van der Waals surface area contributed by atoms with Gasteiger partial charge >= 0.3 is 12.0 Å². The second kappa shape index (κ2) is 9.27. The molecule has 1 saturated heterocycles. The fraction of sp³-hybridized carbons (Fsp3) is 0.529. The van der Waals surface area contributed by atoms with Crippen molar-refractivity contribution in [1.29, 1.82) is 0 Å². The first-order valence-electron chi connectivity index (χ1n) is 8.33. The van der Waals surface area contributed by atoms with E-state index in [2.05, 4.69) is 5.32 Å². The van der Waals surface area contributed by atoms with E-state index in [-0.39, 0.29) is 18.6 Å². The molecule has 1 heterocycles. The molecule has 0 atom stereocenters. The molecule has 1 aromatic rings. The minimum atomic E-state index is -0.885. The number of carboxylic acids is 1. The van der Waals surface area contributed by atoms with Crippen LogP contribution in [-0.2, 0) is 11.3 Å². The van der Waals surface area contributed by atoms with Gasteiger partial charge in [-0.1, -0.05) is 23.2 Å². The van der Waals surface area contributed by atoms with Crippen LogP contribution in [0.25, 0.3) is 0 Å². The van der Waals surface area contributed by atoms with E-state index in [0.29, 0.717) is 36.2 Å². The average molecular weight is 388 g/mol. The second-order valence-corrected chi connectivity index (χ2v) is 6.93. The highest BCUT2D eigenvalue weighted by molar-refractivity contribution is 6.33. The number of piperidine rings is 1. The van der Waals surface area contributed by atoms with E-state index >= 15 is 0 Å². The lowest BCUT2D eigenvalue weighted by Crippen LogP contribution is -2.50. The molecule has 0 aliphatic carbocycles. The van der Waals surface area contributed by atoms with Crippen LogP contribution in [0.4, 0.5) is 4.79 Å². The molecule has 8 heteroatoms. The van der Waals surface area contributed by atoms with Crippen molar-refractivity contribution < 1.29 is 14.7 Å². The number of halogens is 2. The molecule has 2 N–H and O–H groups in total. The van der Waals surface area contributed by atoms with E-state index in [1.165, 1.54) is 0 Å². The van der Waals surface area contributed by atoms with Gasteiger partial charge in [-0.3, -0.25) is 9.69 Å². The Bertz CT molecular complexity index is 619. The number of hydrogen-bond donors (Lipinski definition) is 2. The van der Waals surface area contributed by atoms with Gasteiger partial charge in [0.2, 0.25) is 0 Å². The molecule has 138 valence electrons. The quantitative estimate of drug-likeness (QED) is 0.786. The third-order valence-electron chi connectivity index (χ3n) is 4.32. The number of hydrogen-bond acceptors (Lipinski definition) is 3. The van der Waals surface area contributed by atoms with Crippen molar-refractivity contribution in [2.45, 2.75) is 32.4 Å². The van der Waals surface area contributed by atoms with E-state index in [4.69, 9.17) is 23.2 Å². The van der Waals surface area contributed by atoms with Crippen LogP contribution in [-0.4, -0.2) is 59.1 Å². The molecule has 0 unspecified atom stereocenters. The Morgan fingerprint density at radius 1 is 1.32 bits per heavy atom. The number of carbonyl (C=O) groups is 2. The molecule has 2 rings (SSSR count). The van der Waals surface area contributed by atoms with Crippen molar-refractivity contribution in [3.8, 4) is 0 Å². The third kappa shape index (κ3) is 5.76. The lowest BCUT2D eigenvalue weighted by molar-refractivity contribution is -0.139. The topological polar surface area (TPSA) is 72.9 Å². The molecule has 2 amide bonds. The number of benzene rings is 1. The zero-order chi connectivity index (χ0) is 18.4. The fourth-order valence-electron chi connectivity index (χ4n) is 3.07. The summed E-state index contributed by atoms with van der Waals surface area (Å²) in [5.41, 5.74) is 0.807. The zero-order valence-corrected chi connectivity index (χ0v) is 15.7. The Kier molecular flexibility index (Phi) is 7.35. The molecular formula is C17H23Cl2N3O3. The van der Waals surface area contributed by atoms with Gasteiger partial charge in [0.25, 0.3) is 0 Å². The standard InChI is InChI=1S/C17H23Cl2N3O3/c1-2-20-17(25)21-7-5-14(6-8-21)22(11-16(23)24)10-12-9-13(18)3-4-15(12)19/h3-4,9,14H,2,5-8,10-11H2,1H3,(H,20,25)(H,23,24). The number of urea groups is 1. The molecule has 0 aromatic heterocycles.